The Labute approximate surface area is 181 Å². The number of aliphatic carboxylic acids is 3. The molecule has 31 heavy (non-hydrogen) atoms. The van der Waals surface area contributed by atoms with Crippen molar-refractivity contribution in [1.82, 2.24) is 16.0 Å². The zero-order chi connectivity index (χ0) is 24.1. The van der Waals surface area contributed by atoms with Gasteiger partial charge in [0.05, 0.1) is 6.04 Å². The molecule has 0 fully saturated rings. The van der Waals surface area contributed by atoms with Crippen molar-refractivity contribution in [3.8, 4) is 0 Å². The first-order valence-electron chi connectivity index (χ1n) is 8.98. The van der Waals surface area contributed by atoms with Gasteiger partial charge in [-0.05, 0) is 13.3 Å². The van der Waals surface area contributed by atoms with Crippen LogP contribution in [0.1, 0.15) is 19.8 Å². The van der Waals surface area contributed by atoms with E-state index in [2.05, 4.69) is 16.0 Å². The average Bonchev–Trinajstić information content (AvgIpc) is 2.67. The highest BCUT2D eigenvalue weighted by Gasteiger charge is 2.25. The Bertz CT molecular complexity index is 688. The van der Waals surface area contributed by atoms with Crippen molar-refractivity contribution in [2.24, 2.45) is 11.5 Å². The third kappa shape index (κ3) is 12.4. The van der Waals surface area contributed by atoms with Crippen molar-refractivity contribution in [2.45, 2.75) is 43.9 Å². The van der Waals surface area contributed by atoms with Crippen molar-refractivity contribution in [1.29, 1.82) is 0 Å². The Kier molecular flexibility index (Phi) is 12.8. The second kappa shape index (κ2) is 14.2. The molecule has 0 aliphatic heterocycles. The van der Waals surface area contributed by atoms with Crippen molar-refractivity contribution < 1.29 is 44.1 Å². The van der Waals surface area contributed by atoms with Crippen LogP contribution in [0.15, 0.2) is 0 Å². The molecule has 4 atom stereocenters. The standard InChI is InChI=1S/C16H27N5O9S/c1-7(17)13(25)21-9(16(29)30)2-3-11(22)20-10(14(26)19-4-12(23)24)6-31-5-8(18)15(27)28/h7-10H,2-6,17-18H2,1H3,(H,19,26)(H,20,22)(H,21,25)(H,23,24)(H,27,28)(H,29,30)/t7-,8+,9-,10-/m1/s1. The van der Waals surface area contributed by atoms with Gasteiger partial charge in [-0.3, -0.25) is 24.0 Å². The van der Waals surface area contributed by atoms with Crippen molar-refractivity contribution in [2.75, 3.05) is 18.1 Å². The molecular formula is C16H27N5O9S. The van der Waals surface area contributed by atoms with Crippen LogP contribution in [0.25, 0.3) is 0 Å². The molecule has 14 nitrogen and oxygen atoms in total. The molecule has 0 aromatic carbocycles. The summed E-state index contributed by atoms with van der Waals surface area (Å²) in [5, 5.41) is 33.2. The fourth-order valence-electron chi connectivity index (χ4n) is 1.96. The number of nitrogens with one attached hydrogen (secondary N) is 3. The zero-order valence-corrected chi connectivity index (χ0v) is 17.5. The molecular weight excluding hydrogens is 438 g/mol. The Morgan fingerprint density at radius 2 is 1.48 bits per heavy atom. The van der Waals surface area contributed by atoms with Crippen molar-refractivity contribution in [3.05, 3.63) is 0 Å². The van der Waals surface area contributed by atoms with E-state index in [0.29, 0.717) is 0 Å². The number of carboxylic acid groups (broad SMARTS) is 3. The molecule has 176 valence electrons. The maximum atomic E-state index is 12.2. The third-order valence-electron chi connectivity index (χ3n) is 3.65. The van der Waals surface area contributed by atoms with Crippen LogP contribution in [0.4, 0.5) is 0 Å². The Balaban J connectivity index is 4.92. The van der Waals surface area contributed by atoms with Gasteiger partial charge >= 0.3 is 17.9 Å². The van der Waals surface area contributed by atoms with Gasteiger partial charge in [0.15, 0.2) is 0 Å². The second-order valence-corrected chi connectivity index (χ2v) is 7.52. The minimum Gasteiger partial charge on any atom is -0.480 e. The Hall–Kier alpha value is -2.91. The number of hydrogen-bond donors (Lipinski definition) is 8. The molecule has 0 spiro atoms. The number of hydrogen-bond acceptors (Lipinski definition) is 9. The SMILES string of the molecule is C[C@@H](N)C(=O)N[C@H](CCC(=O)N[C@H](CSC[C@H](N)C(=O)O)C(=O)NCC(=O)O)C(=O)O. The fourth-order valence-corrected chi connectivity index (χ4v) is 2.96. The van der Waals surface area contributed by atoms with E-state index in [9.17, 15) is 28.8 Å². The molecule has 0 heterocycles. The van der Waals surface area contributed by atoms with Gasteiger partial charge in [-0.25, -0.2) is 4.79 Å². The number of carbonyl (C=O) groups is 6. The summed E-state index contributed by atoms with van der Waals surface area (Å²) in [6.07, 6.45) is -0.668. The van der Waals surface area contributed by atoms with Gasteiger partial charge in [0.25, 0.3) is 0 Å². The van der Waals surface area contributed by atoms with E-state index < -0.39 is 66.3 Å². The van der Waals surface area contributed by atoms with Gasteiger partial charge in [0, 0.05) is 17.9 Å². The predicted octanol–water partition coefficient (Wildman–Crippen LogP) is -3.49. The van der Waals surface area contributed by atoms with Crippen LogP contribution >= 0.6 is 11.8 Å². The lowest BCUT2D eigenvalue weighted by molar-refractivity contribution is -0.142. The summed E-state index contributed by atoms with van der Waals surface area (Å²) in [6.45, 7) is 0.657. The predicted molar refractivity (Wildman–Crippen MR) is 108 cm³/mol. The highest BCUT2D eigenvalue weighted by atomic mass is 32.2. The maximum Gasteiger partial charge on any atom is 0.326 e. The first-order valence-corrected chi connectivity index (χ1v) is 10.1. The van der Waals surface area contributed by atoms with Gasteiger partial charge in [0.2, 0.25) is 17.7 Å². The van der Waals surface area contributed by atoms with Crippen LogP contribution < -0.4 is 27.4 Å². The summed E-state index contributed by atoms with van der Waals surface area (Å²) in [5.41, 5.74) is 10.7. The molecule has 0 aliphatic rings. The number of rotatable bonds is 15. The summed E-state index contributed by atoms with van der Waals surface area (Å²) in [4.78, 5) is 68.5. The molecule has 0 bridgehead atoms. The molecule has 0 saturated carbocycles. The van der Waals surface area contributed by atoms with Gasteiger partial charge in [-0.15, -0.1) is 0 Å². The summed E-state index contributed by atoms with van der Waals surface area (Å²) in [7, 11) is 0. The van der Waals surface area contributed by atoms with E-state index in [4.69, 9.17) is 26.8 Å². The smallest absolute Gasteiger partial charge is 0.326 e. The summed E-state index contributed by atoms with van der Waals surface area (Å²) < 4.78 is 0. The third-order valence-corrected chi connectivity index (χ3v) is 4.82. The maximum absolute atomic E-state index is 12.2. The summed E-state index contributed by atoms with van der Waals surface area (Å²) >= 11 is 0.949. The quantitative estimate of drug-likeness (QED) is 0.117. The first-order chi connectivity index (χ1) is 14.3. The number of nitrogens with two attached hydrogens (primary N) is 2. The van der Waals surface area contributed by atoms with Gasteiger partial charge in [-0.1, -0.05) is 0 Å². The molecule has 0 saturated heterocycles. The Morgan fingerprint density at radius 1 is 0.871 bits per heavy atom. The van der Waals surface area contributed by atoms with E-state index in [1.807, 2.05) is 0 Å². The van der Waals surface area contributed by atoms with Gasteiger partial charge in [-0.2, -0.15) is 11.8 Å². The van der Waals surface area contributed by atoms with E-state index in [0.717, 1.165) is 11.8 Å². The van der Waals surface area contributed by atoms with Crippen LogP contribution in [0.3, 0.4) is 0 Å². The van der Waals surface area contributed by atoms with Gasteiger partial charge < -0.3 is 42.7 Å². The molecule has 15 heteroatoms. The van der Waals surface area contributed by atoms with Gasteiger partial charge in [0.1, 0.15) is 24.7 Å². The molecule has 0 aromatic rings. The monoisotopic (exact) mass is 465 g/mol. The second-order valence-electron chi connectivity index (χ2n) is 6.44. The Morgan fingerprint density at radius 3 is 1.97 bits per heavy atom. The molecule has 10 N–H and O–H groups in total. The number of carboxylic acids is 3. The average molecular weight is 465 g/mol. The van der Waals surface area contributed by atoms with Crippen LogP contribution in [0.5, 0.6) is 0 Å². The minimum atomic E-state index is -1.38. The normalized spacial score (nSPS) is 14.4. The zero-order valence-electron chi connectivity index (χ0n) is 16.7. The molecule has 0 radical (unpaired) electrons. The number of amides is 3. The topological polar surface area (TPSA) is 251 Å². The lowest BCUT2D eigenvalue weighted by Gasteiger charge is -2.19. The van der Waals surface area contributed by atoms with Crippen molar-refractivity contribution >= 4 is 47.4 Å². The molecule has 0 aliphatic carbocycles. The summed E-state index contributed by atoms with van der Waals surface area (Å²) in [5.74, 6) is -6.40. The number of carbonyl (C=O) groups excluding carboxylic acids is 3. The van der Waals surface area contributed by atoms with E-state index in [1.54, 1.807) is 0 Å². The van der Waals surface area contributed by atoms with Crippen molar-refractivity contribution in [3.63, 3.8) is 0 Å². The van der Waals surface area contributed by atoms with Crippen LogP contribution in [0, 0.1) is 0 Å². The van der Waals surface area contributed by atoms with Crippen LogP contribution in [-0.4, -0.2) is 93.2 Å². The lowest BCUT2D eigenvalue weighted by atomic mass is 10.1. The van der Waals surface area contributed by atoms with E-state index in [-0.39, 0.29) is 24.3 Å². The molecule has 0 rings (SSSR count). The minimum absolute atomic E-state index is 0.0711. The number of thioether (sulfide) groups is 1. The first kappa shape index (κ1) is 28.1. The van der Waals surface area contributed by atoms with Crippen LogP contribution in [-0.2, 0) is 28.8 Å². The van der Waals surface area contributed by atoms with E-state index >= 15 is 0 Å². The molecule has 0 aromatic heterocycles. The highest BCUT2D eigenvalue weighted by Crippen LogP contribution is 2.07. The molecule has 0 unspecified atom stereocenters. The lowest BCUT2D eigenvalue weighted by Crippen LogP contribution is -2.50. The molecule has 3 amide bonds. The summed E-state index contributed by atoms with van der Waals surface area (Å²) in [6, 6.07) is -4.76. The van der Waals surface area contributed by atoms with E-state index in [1.165, 1.54) is 6.92 Å². The highest BCUT2D eigenvalue weighted by molar-refractivity contribution is 7.99. The van der Waals surface area contributed by atoms with Crippen LogP contribution in [0.2, 0.25) is 0 Å². The largest absolute Gasteiger partial charge is 0.480 e. The fraction of sp³-hybridized carbons (Fsp3) is 0.625.